The summed E-state index contributed by atoms with van der Waals surface area (Å²) in [6.07, 6.45) is -0.835. The van der Waals surface area contributed by atoms with Gasteiger partial charge in [0.15, 0.2) is 0 Å². The number of nitrogens with zero attached hydrogens (tertiary/aromatic N) is 1. The number of alkyl halides is 3. The average molecular weight is 352 g/mol. The van der Waals surface area contributed by atoms with Crippen molar-refractivity contribution in [3.05, 3.63) is 48.2 Å². The lowest BCUT2D eigenvalue weighted by Gasteiger charge is -2.13. The lowest BCUT2D eigenvalue weighted by Crippen LogP contribution is -2.29. The van der Waals surface area contributed by atoms with Crippen molar-refractivity contribution in [2.24, 2.45) is 0 Å². The molecule has 1 aliphatic rings. The maximum atomic E-state index is 12.5. The molecule has 2 aromatic rings. The minimum atomic E-state index is -4.74. The zero-order valence-electron chi connectivity index (χ0n) is 13.3. The summed E-state index contributed by atoms with van der Waals surface area (Å²) >= 11 is 0. The Morgan fingerprint density at radius 2 is 1.80 bits per heavy atom. The van der Waals surface area contributed by atoms with Crippen molar-refractivity contribution in [2.45, 2.75) is 19.2 Å². The summed E-state index contributed by atoms with van der Waals surface area (Å²) in [6.45, 7) is 1.76. The van der Waals surface area contributed by atoms with Crippen LogP contribution in [0.2, 0.25) is 0 Å². The smallest absolute Gasteiger partial charge is 0.406 e. The molecule has 0 spiro atoms. The molecule has 25 heavy (non-hydrogen) atoms. The van der Waals surface area contributed by atoms with Gasteiger partial charge in [0.05, 0.1) is 19.3 Å². The Morgan fingerprint density at radius 1 is 1.12 bits per heavy atom. The van der Waals surface area contributed by atoms with Gasteiger partial charge in [-0.25, -0.2) is 4.98 Å². The van der Waals surface area contributed by atoms with E-state index in [0.29, 0.717) is 11.3 Å². The summed E-state index contributed by atoms with van der Waals surface area (Å²) in [5.41, 5.74) is 0.871. The number of aromatic amines is 1. The molecule has 0 saturated carbocycles. The molecule has 8 heteroatoms. The number of hydrogen-bond donors (Lipinski definition) is 1. The molecular weight excluding hydrogens is 335 g/mol. The number of halogens is 3. The second-order valence-electron chi connectivity index (χ2n) is 5.65. The average Bonchev–Trinajstić information content (AvgIpc) is 3.10. The molecule has 2 N–H and O–H groups in total. The van der Waals surface area contributed by atoms with E-state index in [1.807, 2.05) is 0 Å². The number of ether oxygens (including phenoxy) is 1. The first kappa shape index (κ1) is 17.1. The van der Waals surface area contributed by atoms with Gasteiger partial charge in [-0.2, -0.15) is 0 Å². The first-order valence-electron chi connectivity index (χ1n) is 7.85. The lowest BCUT2D eigenvalue weighted by molar-refractivity contribution is -0.364. The van der Waals surface area contributed by atoms with Crippen LogP contribution in [0.4, 0.5) is 24.7 Å². The third-order valence-electron chi connectivity index (χ3n) is 3.85. The fourth-order valence-electron chi connectivity index (χ4n) is 2.75. The van der Waals surface area contributed by atoms with Gasteiger partial charge in [-0.05, 0) is 49.2 Å². The van der Waals surface area contributed by atoms with Gasteiger partial charge >= 0.3 is 6.36 Å². The third kappa shape index (κ3) is 4.40. The van der Waals surface area contributed by atoms with Crippen molar-refractivity contribution in [3.8, 4) is 5.75 Å². The SMILES string of the molecule is O=C(Nc1ccc(OC(F)(F)F)cc1)c1ccc[nH+]c1N1CCCC1. The van der Waals surface area contributed by atoms with E-state index in [1.54, 1.807) is 18.3 Å². The molecule has 1 aromatic carbocycles. The highest BCUT2D eigenvalue weighted by molar-refractivity contribution is 6.07. The maximum Gasteiger partial charge on any atom is 0.573 e. The van der Waals surface area contributed by atoms with Crippen molar-refractivity contribution in [3.63, 3.8) is 0 Å². The Morgan fingerprint density at radius 3 is 2.44 bits per heavy atom. The number of amides is 1. The first-order chi connectivity index (χ1) is 11.9. The van der Waals surface area contributed by atoms with Crippen molar-refractivity contribution in [1.82, 2.24) is 0 Å². The number of rotatable bonds is 4. The lowest BCUT2D eigenvalue weighted by atomic mass is 10.2. The number of aromatic nitrogens is 1. The van der Waals surface area contributed by atoms with Gasteiger partial charge in [0, 0.05) is 5.69 Å². The Labute approximate surface area is 142 Å². The van der Waals surface area contributed by atoms with E-state index in [2.05, 4.69) is 19.9 Å². The number of nitrogens with one attached hydrogen (secondary N) is 2. The molecule has 0 radical (unpaired) electrons. The number of anilines is 2. The highest BCUT2D eigenvalue weighted by Crippen LogP contribution is 2.25. The summed E-state index contributed by atoms with van der Waals surface area (Å²) in [4.78, 5) is 17.7. The second-order valence-corrected chi connectivity index (χ2v) is 5.65. The summed E-state index contributed by atoms with van der Waals surface area (Å²) in [5.74, 6) is 0.0778. The fourth-order valence-corrected chi connectivity index (χ4v) is 2.75. The summed E-state index contributed by atoms with van der Waals surface area (Å²) < 4.78 is 40.3. The van der Waals surface area contributed by atoms with Gasteiger partial charge in [-0.15, -0.1) is 13.2 Å². The number of carbonyl (C=O) groups excluding carboxylic acids is 1. The highest BCUT2D eigenvalue weighted by atomic mass is 19.4. The topological polar surface area (TPSA) is 55.7 Å². The minimum Gasteiger partial charge on any atom is -0.406 e. The normalized spacial score (nSPS) is 14.4. The molecule has 3 rings (SSSR count). The maximum absolute atomic E-state index is 12.5. The van der Waals surface area contributed by atoms with E-state index < -0.39 is 6.36 Å². The molecule has 0 unspecified atom stereocenters. The Bertz CT molecular complexity index is 742. The molecule has 1 aromatic heterocycles. The van der Waals surface area contributed by atoms with Crippen LogP contribution in [0.25, 0.3) is 0 Å². The van der Waals surface area contributed by atoms with Crippen molar-refractivity contribution < 1.29 is 27.7 Å². The third-order valence-corrected chi connectivity index (χ3v) is 3.85. The zero-order valence-corrected chi connectivity index (χ0v) is 13.3. The molecule has 0 bridgehead atoms. The van der Waals surface area contributed by atoms with Crippen molar-refractivity contribution >= 4 is 17.4 Å². The van der Waals surface area contributed by atoms with Crippen LogP contribution in [0, 0.1) is 0 Å². The van der Waals surface area contributed by atoms with Crippen molar-refractivity contribution in [1.29, 1.82) is 0 Å². The molecule has 132 valence electrons. The second kappa shape index (κ2) is 7.00. The predicted octanol–water partition coefficient (Wildman–Crippen LogP) is 3.25. The van der Waals surface area contributed by atoms with E-state index in [1.165, 1.54) is 12.1 Å². The van der Waals surface area contributed by atoms with Gasteiger partial charge in [-0.1, -0.05) is 0 Å². The Balaban J connectivity index is 1.72. The number of pyridine rings is 1. The van der Waals surface area contributed by atoms with Crippen LogP contribution in [0.15, 0.2) is 42.6 Å². The van der Waals surface area contributed by atoms with E-state index in [0.717, 1.165) is 43.9 Å². The van der Waals surface area contributed by atoms with Gasteiger partial charge in [-0.3, -0.25) is 9.69 Å². The molecule has 2 heterocycles. The molecule has 1 amide bonds. The number of benzene rings is 1. The van der Waals surface area contributed by atoms with E-state index in [9.17, 15) is 18.0 Å². The van der Waals surface area contributed by atoms with E-state index in [4.69, 9.17) is 0 Å². The largest absolute Gasteiger partial charge is 0.573 e. The highest BCUT2D eigenvalue weighted by Gasteiger charge is 2.31. The molecule has 1 fully saturated rings. The van der Waals surface area contributed by atoms with Crippen LogP contribution in [0.1, 0.15) is 23.2 Å². The standard InChI is InChI=1S/C17H16F3N3O2/c18-17(19,20)25-13-7-5-12(6-8-13)22-16(24)14-4-3-9-21-15(14)23-10-1-2-11-23/h3-9H,1-2,10-11H2,(H,22,24)/p+1. The number of carbonyl (C=O) groups is 1. The summed E-state index contributed by atoms with van der Waals surface area (Å²) in [5, 5.41) is 2.69. The Hall–Kier alpha value is -2.77. The quantitative estimate of drug-likeness (QED) is 0.919. The summed E-state index contributed by atoms with van der Waals surface area (Å²) in [7, 11) is 0. The molecule has 0 atom stereocenters. The van der Waals surface area contributed by atoms with E-state index >= 15 is 0 Å². The van der Waals surface area contributed by atoms with Gasteiger partial charge in [0.1, 0.15) is 11.3 Å². The molecule has 5 nitrogen and oxygen atoms in total. The van der Waals surface area contributed by atoms with Crippen molar-refractivity contribution in [2.75, 3.05) is 23.3 Å². The van der Waals surface area contributed by atoms with Gasteiger partial charge in [0.25, 0.3) is 11.7 Å². The number of H-pyrrole nitrogens is 1. The van der Waals surface area contributed by atoms with Crippen LogP contribution in [0.3, 0.4) is 0 Å². The predicted molar refractivity (Wildman–Crippen MR) is 85.5 cm³/mol. The van der Waals surface area contributed by atoms with E-state index in [-0.39, 0.29) is 11.7 Å². The monoisotopic (exact) mass is 352 g/mol. The van der Waals surface area contributed by atoms with Gasteiger partial charge in [0.2, 0.25) is 0 Å². The van der Waals surface area contributed by atoms with Crippen LogP contribution in [0.5, 0.6) is 5.75 Å². The molecular formula is C17H17F3N3O2+. The zero-order chi connectivity index (χ0) is 17.9. The van der Waals surface area contributed by atoms with Crippen LogP contribution >= 0.6 is 0 Å². The summed E-state index contributed by atoms with van der Waals surface area (Å²) in [6, 6.07) is 8.47. The van der Waals surface area contributed by atoms with Gasteiger partial charge < -0.3 is 10.1 Å². The molecule has 1 saturated heterocycles. The first-order valence-corrected chi connectivity index (χ1v) is 7.85. The van der Waals surface area contributed by atoms with Crippen LogP contribution in [-0.4, -0.2) is 25.4 Å². The Kier molecular flexibility index (Phi) is 4.78. The fraction of sp³-hybridized carbons (Fsp3) is 0.294. The number of hydrogen-bond acceptors (Lipinski definition) is 3. The molecule has 1 aliphatic heterocycles. The van der Waals surface area contributed by atoms with Crippen LogP contribution < -0.4 is 19.9 Å². The minimum absolute atomic E-state index is 0.330. The van der Waals surface area contributed by atoms with Crippen LogP contribution in [-0.2, 0) is 0 Å². The molecule has 0 aliphatic carbocycles.